The summed E-state index contributed by atoms with van der Waals surface area (Å²) >= 11 is 17.3. The Labute approximate surface area is 206 Å². The summed E-state index contributed by atoms with van der Waals surface area (Å²) in [4.78, 5) is 23.5. The molecule has 2 aromatic carbocycles. The summed E-state index contributed by atoms with van der Waals surface area (Å²) < 4.78 is 2.26. The average Bonchev–Trinajstić information content (AvgIpc) is 3.52. The van der Waals surface area contributed by atoms with Gasteiger partial charge in [0.1, 0.15) is 0 Å². The highest BCUT2D eigenvalue weighted by atomic mass is 79.9. The van der Waals surface area contributed by atoms with Crippen LogP contribution in [0.25, 0.3) is 5.69 Å². The molecule has 1 aliphatic rings. The number of nitrogens with one attached hydrogen (secondary N) is 1. The highest BCUT2D eigenvalue weighted by molar-refractivity contribution is 9.10. The van der Waals surface area contributed by atoms with Crippen LogP contribution in [0.1, 0.15) is 40.2 Å². The molecule has 4 rings (SSSR count). The van der Waals surface area contributed by atoms with E-state index in [0.717, 1.165) is 11.3 Å². The van der Waals surface area contributed by atoms with Gasteiger partial charge >= 0.3 is 5.97 Å². The SMILES string of the molecule is Cc1cc(C2CC2)cc(Cl)c1-n1c(Br)nnc1SCC(=O)Nc1ccc(C(=O)O)cc1Cl. The molecule has 0 unspecified atom stereocenters. The van der Waals surface area contributed by atoms with Gasteiger partial charge in [-0.1, -0.05) is 41.0 Å². The van der Waals surface area contributed by atoms with Gasteiger partial charge in [-0.2, -0.15) is 0 Å². The van der Waals surface area contributed by atoms with E-state index in [4.69, 9.17) is 28.3 Å². The number of benzene rings is 2. The van der Waals surface area contributed by atoms with E-state index in [2.05, 4.69) is 37.5 Å². The molecule has 32 heavy (non-hydrogen) atoms. The lowest BCUT2D eigenvalue weighted by atomic mass is 10.1. The lowest BCUT2D eigenvalue weighted by Gasteiger charge is -2.14. The van der Waals surface area contributed by atoms with Gasteiger partial charge in [-0.25, -0.2) is 4.79 Å². The van der Waals surface area contributed by atoms with Crippen LogP contribution < -0.4 is 5.32 Å². The number of anilines is 1. The number of halogens is 3. The maximum atomic E-state index is 12.5. The first kappa shape index (κ1) is 23.1. The first-order valence-electron chi connectivity index (χ1n) is 9.61. The van der Waals surface area contributed by atoms with Gasteiger partial charge in [-0.3, -0.25) is 9.36 Å². The first-order valence-corrected chi connectivity index (χ1v) is 12.1. The molecular weight excluding hydrogens is 539 g/mol. The van der Waals surface area contributed by atoms with Crippen LogP contribution in [0.2, 0.25) is 10.0 Å². The number of aryl methyl sites for hydroxylation is 1. The minimum atomic E-state index is -1.09. The molecule has 0 radical (unpaired) electrons. The van der Waals surface area contributed by atoms with Gasteiger partial charge in [-0.05, 0) is 77.0 Å². The van der Waals surface area contributed by atoms with Crippen molar-refractivity contribution in [1.82, 2.24) is 14.8 Å². The van der Waals surface area contributed by atoms with Crippen molar-refractivity contribution in [3.05, 3.63) is 61.8 Å². The smallest absolute Gasteiger partial charge is 0.335 e. The zero-order chi connectivity index (χ0) is 23.0. The van der Waals surface area contributed by atoms with E-state index in [-0.39, 0.29) is 22.2 Å². The summed E-state index contributed by atoms with van der Waals surface area (Å²) in [6.45, 7) is 1.99. The lowest BCUT2D eigenvalue weighted by molar-refractivity contribution is -0.113. The Balaban J connectivity index is 1.50. The van der Waals surface area contributed by atoms with E-state index >= 15 is 0 Å². The molecule has 11 heteroatoms. The zero-order valence-corrected chi connectivity index (χ0v) is 20.6. The van der Waals surface area contributed by atoms with Crippen molar-refractivity contribution in [1.29, 1.82) is 0 Å². The summed E-state index contributed by atoms with van der Waals surface area (Å²) in [7, 11) is 0. The van der Waals surface area contributed by atoms with Crippen molar-refractivity contribution < 1.29 is 14.7 Å². The van der Waals surface area contributed by atoms with Crippen LogP contribution in [-0.2, 0) is 4.79 Å². The molecule has 0 atom stereocenters. The standard InChI is InChI=1S/C21H17BrCl2N4O3S/c1-10-6-13(11-2-3-11)8-15(24)18(10)28-20(22)26-27-21(28)32-9-17(29)25-16-5-4-12(19(30)31)7-14(16)23/h4-8,11H,2-3,9H2,1H3,(H,25,29)(H,30,31). The maximum absolute atomic E-state index is 12.5. The second kappa shape index (κ2) is 9.43. The van der Waals surface area contributed by atoms with Crippen molar-refractivity contribution >= 4 is 68.5 Å². The number of nitrogens with zero attached hydrogens (tertiary/aromatic N) is 3. The normalized spacial score (nSPS) is 13.2. The van der Waals surface area contributed by atoms with E-state index in [1.165, 1.54) is 48.4 Å². The zero-order valence-electron chi connectivity index (χ0n) is 16.7. The molecule has 3 aromatic rings. The molecule has 166 valence electrons. The summed E-state index contributed by atoms with van der Waals surface area (Å²) in [6.07, 6.45) is 2.37. The van der Waals surface area contributed by atoms with Crippen molar-refractivity contribution in [2.24, 2.45) is 0 Å². The van der Waals surface area contributed by atoms with Gasteiger partial charge < -0.3 is 10.4 Å². The number of amides is 1. The average molecular weight is 556 g/mol. The summed E-state index contributed by atoms with van der Waals surface area (Å²) in [5, 5.41) is 21.2. The molecule has 0 saturated heterocycles. The molecule has 1 fully saturated rings. The van der Waals surface area contributed by atoms with Crippen LogP contribution in [0.15, 0.2) is 40.2 Å². The number of carboxylic acids is 1. The van der Waals surface area contributed by atoms with Crippen LogP contribution in [0.4, 0.5) is 5.69 Å². The Kier molecular flexibility index (Phi) is 6.80. The molecule has 0 spiro atoms. The van der Waals surface area contributed by atoms with Crippen molar-refractivity contribution in [3.8, 4) is 5.69 Å². The number of aromatic nitrogens is 3. The highest BCUT2D eigenvalue weighted by Crippen LogP contribution is 2.43. The Bertz CT molecular complexity index is 1210. The number of hydrogen-bond acceptors (Lipinski definition) is 5. The summed E-state index contributed by atoms with van der Waals surface area (Å²) in [5.74, 6) is -0.792. The third-order valence-corrected chi connectivity index (χ3v) is 7.01. The molecule has 1 heterocycles. The number of carboxylic acid groups (broad SMARTS) is 1. The largest absolute Gasteiger partial charge is 0.478 e. The van der Waals surface area contributed by atoms with E-state index in [1.807, 2.05) is 13.0 Å². The Morgan fingerprint density at radius 3 is 2.59 bits per heavy atom. The van der Waals surface area contributed by atoms with Gasteiger partial charge in [0.15, 0.2) is 5.16 Å². The van der Waals surface area contributed by atoms with Crippen LogP contribution in [0.3, 0.4) is 0 Å². The molecule has 1 amide bonds. The molecule has 1 aromatic heterocycles. The van der Waals surface area contributed by atoms with Crippen molar-refractivity contribution in [2.75, 3.05) is 11.1 Å². The van der Waals surface area contributed by atoms with Gasteiger partial charge in [-0.15, -0.1) is 10.2 Å². The molecule has 2 N–H and O–H groups in total. The lowest BCUT2D eigenvalue weighted by Crippen LogP contribution is -2.15. The Morgan fingerprint density at radius 1 is 1.22 bits per heavy atom. The number of thioether (sulfide) groups is 1. The van der Waals surface area contributed by atoms with Gasteiger partial charge in [0, 0.05) is 0 Å². The van der Waals surface area contributed by atoms with Crippen LogP contribution in [-0.4, -0.2) is 37.5 Å². The maximum Gasteiger partial charge on any atom is 0.335 e. The van der Waals surface area contributed by atoms with Gasteiger partial charge in [0.2, 0.25) is 10.6 Å². The minimum absolute atomic E-state index is 0.0406. The van der Waals surface area contributed by atoms with Crippen LogP contribution in [0, 0.1) is 6.92 Å². The molecule has 0 aliphatic heterocycles. The van der Waals surface area contributed by atoms with Gasteiger partial charge in [0.05, 0.1) is 32.7 Å². The fourth-order valence-electron chi connectivity index (χ4n) is 3.30. The van der Waals surface area contributed by atoms with E-state index in [1.54, 1.807) is 4.57 Å². The van der Waals surface area contributed by atoms with Gasteiger partial charge in [0.25, 0.3) is 0 Å². The molecule has 1 saturated carbocycles. The monoisotopic (exact) mass is 554 g/mol. The highest BCUT2D eigenvalue weighted by Gasteiger charge is 2.26. The fourth-order valence-corrected chi connectivity index (χ4v) is 5.17. The molecular formula is C21H17BrCl2N4O3S. The molecule has 1 aliphatic carbocycles. The molecule has 0 bridgehead atoms. The van der Waals surface area contributed by atoms with Crippen LogP contribution >= 0.6 is 50.9 Å². The van der Waals surface area contributed by atoms with Crippen molar-refractivity contribution in [3.63, 3.8) is 0 Å². The van der Waals surface area contributed by atoms with E-state index in [0.29, 0.717) is 26.5 Å². The number of aromatic carboxylic acids is 1. The predicted molar refractivity (Wildman–Crippen MR) is 129 cm³/mol. The predicted octanol–water partition coefficient (Wildman–Crippen LogP) is 5.95. The quantitative estimate of drug-likeness (QED) is 0.349. The number of carbonyl (C=O) groups excluding carboxylic acids is 1. The topological polar surface area (TPSA) is 97.1 Å². The second-order valence-corrected chi connectivity index (χ2v) is 9.83. The molecule has 7 nitrogen and oxygen atoms in total. The Morgan fingerprint density at radius 2 is 1.97 bits per heavy atom. The third-order valence-electron chi connectivity index (χ3n) is 4.97. The number of hydrogen-bond donors (Lipinski definition) is 2. The Hall–Kier alpha value is -2.07. The number of rotatable bonds is 7. The minimum Gasteiger partial charge on any atom is -0.478 e. The van der Waals surface area contributed by atoms with Crippen LogP contribution in [0.5, 0.6) is 0 Å². The fraction of sp³-hybridized carbons (Fsp3) is 0.238. The third kappa shape index (κ3) is 4.96. The van der Waals surface area contributed by atoms with Crippen molar-refractivity contribution in [2.45, 2.75) is 30.8 Å². The second-order valence-electron chi connectivity index (χ2n) is 7.37. The summed E-state index contributed by atoms with van der Waals surface area (Å²) in [6, 6.07) is 8.24. The van der Waals surface area contributed by atoms with E-state index in [9.17, 15) is 9.59 Å². The number of carbonyl (C=O) groups is 2. The summed E-state index contributed by atoms with van der Waals surface area (Å²) in [5.41, 5.74) is 3.37. The first-order chi connectivity index (χ1) is 15.2. The van der Waals surface area contributed by atoms with E-state index < -0.39 is 5.97 Å².